The fraction of sp³-hybridized carbons (Fsp3) is 0.407. The molecule has 0 aromatic heterocycles. The zero-order chi connectivity index (χ0) is 23.6. The van der Waals surface area contributed by atoms with Crippen LogP contribution in [0.3, 0.4) is 0 Å². The molecule has 2 aromatic carbocycles. The number of oxime groups is 1. The lowest BCUT2D eigenvalue weighted by Gasteiger charge is -2.43. The maximum Gasteiger partial charge on any atom is 0.257 e. The summed E-state index contributed by atoms with van der Waals surface area (Å²) >= 11 is 0. The third-order valence-electron chi connectivity index (χ3n) is 5.71. The first-order valence-corrected chi connectivity index (χ1v) is 11.8. The normalized spacial score (nSPS) is 18.4. The van der Waals surface area contributed by atoms with Crippen LogP contribution in [0, 0.1) is 5.82 Å². The van der Waals surface area contributed by atoms with E-state index in [1.165, 1.54) is 31.4 Å². The van der Waals surface area contributed by atoms with Crippen LogP contribution in [0.25, 0.3) is 0 Å². The lowest BCUT2D eigenvalue weighted by atomic mass is 9.86. The number of hydrogen-bond donors (Lipinski definition) is 1. The Morgan fingerprint density at radius 2 is 1.91 bits per heavy atom. The third-order valence-corrected chi connectivity index (χ3v) is 5.71. The summed E-state index contributed by atoms with van der Waals surface area (Å²) < 4.78 is 13.4. The average Bonchev–Trinajstić information content (AvgIpc) is 2.83. The number of amides is 1. The van der Waals surface area contributed by atoms with Gasteiger partial charge in [0.15, 0.2) is 0 Å². The summed E-state index contributed by atoms with van der Waals surface area (Å²) in [7, 11) is 0. The van der Waals surface area contributed by atoms with Crippen LogP contribution in [-0.2, 0) is 9.63 Å². The molecule has 5 nitrogen and oxygen atoms in total. The molecule has 3 rings (SSSR count). The first kappa shape index (κ1) is 24.6. The van der Waals surface area contributed by atoms with Crippen LogP contribution in [0.2, 0.25) is 0 Å². The summed E-state index contributed by atoms with van der Waals surface area (Å²) in [5.74, 6) is -0.445. The van der Waals surface area contributed by atoms with Crippen molar-refractivity contribution in [1.82, 2.24) is 5.32 Å². The minimum absolute atomic E-state index is 0.115. The summed E-state index contributed by atoms with van der Waals surface area (Å²) in [5, 5.41) is 7.67. The molecular weight excluding hydrogens is 417 g/mol. The molecule has 1 aliphatic heterocycles. The Morgan fingerprint density at radius 1 is 1.18 bits per heavy atom. The first-order valence-electron chi connectivity index (χ1n) is 11.8. The number of hydrogen-bond acceptors (Lipinski definition) is 4. The van der Waals surface area contributed by atoms with Crippen molar-refractivity contribution in [2.45, 2.75) is 58.5 Å². The van der Waals surface area contributed by atoms with Gasteiger partial charge >= 0.3 is 0 Å². The number of halogens is 1. The Bertz CT molecular complexity index is 957. The number of nitrogens with zero attached hydrogens (tertiary/aromatic N) is 2. The predicted molar refractivity (Wildman–Crippen MR) is 132 cm³/mol. The molecule has 0 aliphatic carbocycles. The van der Waals surface area contributed by atoms with Crippen LogP contribution in [0.4, 0.5) is 10.1 Å². The minimum Gasteiger partial charge on any atom is -0.396 e. The Morgan fingerprint density at radius 3 is 2.61 bits per heavy atom. The van der Waals surface area contributed by atoms with Gasteiger partial charge in [0.1, 0.15) is 12.4 Å². The van der Waals surface area contributed by atoms with Crippen LogP contribution in [0.5, 0.6) is 0 Å². The molecule has 0 radical (unpaired) electrons. The molecule has 1 N–H and O–H groups in total. The van der Waals surface area contributed by atoms with E-state index >= 15 is 0 Å². The lowest BCUT2D eigenvalue weighted by Crippen LogP contribution is -2.49. The van der Waals surface area contributed by atoms with Crippen LogP contribution >= 0.6 is 0 Å². The van der Waals surface area contributed by atoms with Gasteiger partial charge in [-0.25, -0.2) is 4.39 Å². The molecule has 6 heteroatoms. The van der Waals surface area contributed by atoms with Crippen molar-refractivity contribution in [3.8, 4) is 0 Å². The molecule has 1 heterocycles. The van der Waals surface area contributed by atoms with Gasteiger partial charge in [0.2, 0.25) is 0 Å². The number of carbonyl (C=O) groups excluding carboxylic acids is 1. The molecule has 0 saturated carbocycles. The Hall–Kier alpha value is -2.99. The van der Waals surface area contributed by atoms with E-state index in [-0.39, 0.29) is 17.8 Å². The van der Waals surface area contributed by atoms with Crippen LogP contribution < -0.4 is 10.2 Å². The molecule has 176 valence electrons. The molecule has 1 amide bonds. The van der Waals surface area contributed by atoms with Gasteiger partial charge < -0.3 is 10.2 Å². The third kappa shape index (κ3) is 6.75. The highest BCUT2D eigenvalue weighted by molar-refractivity contribution is 6.18. The SMILES string of the molecule is CCCCC(C)NCCCO/N=C(C)/C=C1/C(=O)N(c2ccc(F)cc2)C1c1ccccc1. The summed E-state index contributed by atoms with van der Waals surface area (Å²) in [4.78, 5) is 20.1. The Labute approximate surface area is 196 Å². The zero-order valence-electron chi connectivity index (χ0n) is 19.8. The summed E-state index contributed by atoms with van der Waals surface area (Å²) in [5.41, 5.74) is 2.94. The molecule has 2 aromatic rings. The Balaban J connectivity index is 1.61. The van der Waals surface area contributed by atoms with E-state index in [0.717, 1.165) is 18.5 Å². The number of rotatable bonds is 12. The molecule has 0 spiro atoms. The van der Waals surface area contributed by atoms with Gasteiger partial charge in [-0.05, 0) is 69.1 Å². The highest BCUT2D eigenvalue weighted by Gasteiger charge is 2.43. The van der Waals surface area contributed by atoms with Gasteiger partial charge in [0.25, 0.3) is 5.91 Å². The van der Waals surface area contributed by atoms with Crippen molar-refractivity contribution in [3.63, 3.8) is 0 Å². The van der Waals surface area contributed by atoms with Gasteiger partial charge in [-0.1, -0.05) is 55.3 Å². The van der Waals surface area contributed by atoms with Crippen molar-refractivity contribution in [1.29, 1.82) is 0 Å². The van der Waals surface area contributed by atoms with Crippen molar-refractivity contribution in [2.24, 2.45) is 5.16 Å². The molecule has 1 fully saturated rings. The number of allylic oxidation sites excluding steroid dienone is 1. The number of carbonyl (C=O) groups is 1. The molecule has 2 unspecified atom stereocenters. The van der Waals surface area contributed by atoms with E-state index in [1.54, 1.807) is 23.1 Å². The first-order chi connectivity index (χ1) is 16.0. The standard InChI is InChI=1S/C27H34FN3O2/c1-4-5-10-20(2)29-17-9-18-33-30-21(3)19-25-26(22-11-7-6-8-12-22)31(27(25)32)24-15-13-23(28)14-16-24/h6-8,11-16,19-20,26,29H,4-5,9-10,17-18H2,1-3H3/b25-19+,30-21+. The molecule has 0 bridgehead atoms. The quantitative estimate of drug-likeness (QED) is 0.146. The van der Waals surface area contributed by atoms with Crippen molar-refractivity contribution in [2.75, 3.05) is 18.1 Å². The van der Waals surface area contributed by atoms with Crippen LogP contribution in [0.15, 0.2) is 71.4 Å². The highest BCUT2D eigenvalue weighted by atomic mass is 19.1. The minimum atomic E-state index is -0.329. The van der Waals surface area contributed by atoms with Gasteiger partial charge in [0.05, 0.1) is 11.8 Å². The number of β-lactam (4-membered cyclic amide) rings is 1. The molecule has 1 saturated heterocycles. The predicted octanol–water partition coefficient (Wildman–Crippen LogP) is 5.79. The zero-order valence-corrected chi connectivity index (χ0v) is 19.8. The number of nitrogens with one attached hydrogen (secondary N) is 1. The van der Waals surface area contributed by atoms with Crippen LogP contribution in [-0.4, -0.2) is 30.8 Å². The number of anilines is 1. The van der Waals surface area contributed by atoms with Gasteiger partial charge in [0, 0.05) is 17.3 Å². The lowest BCUT2D eigenvalue weighted by molar-refractivity contribution is -0.119. The second-order valence-corrected chi connectivity index (χ2v) is 8.48. The van der Waals surface area contributed by atoms with Crippen LogP contribution in [0.1, 0.15) is 58.1 Å². The average molecular weight is 452 g/mol. The van der Waals surface area contributed by atoms with Gasteiger partial charge in [-0.15, -0.1) is 0 Å². The molecule has 2 atom stereocenters. The van der Waals surface area contributed by atoms with Crippen molar-refractivity contribution < 1.29 is 14.0 Å². The summed E-state index contributed by atoms with van der Waals surface area (Å²) in [6.45, 7) is 7.65. The smallest absolute Gasteiger partial charge is 0.257 e. The van der Waals surface area contributed by atoms with E-state index in [4.69, 9.17) is 4.84 Å². The van der Waals surface area contributed by atoms with Crippen molar-refractivity contribution >= 4 is 17.3 Å². The number of benzene rings is 2. The van der Waals surface area contributed by atoms with Crippen molar-refractivity contribution in [3.05, 3.63) is 77.6 Å². The Kier molecular flexibility index (Phi) is 9.19. The fourth-order valence-corrected chi connectivity index (χ4v) is 3.92. The summed E-state index contributed by atoms with van der Waals surface area (Å²) in [6.07, 6.45) is 6.30. The summed E-state index contributed by atoms with van der Waals surface area (Å²) in [6, 6.07) is 16.1. The number of unbranched alkanes of at least 4 members (excludes halogenated alkanes) is 1. The van der Waals surface area contributed by atoms with E-state index in [9.17, 15) is 9.18 Å². The second-order valence-electron chi connectivity index (χ2n) is 8.48. The maximum atomic E-state index is 13.4. The topological polar surface area (TPSA) is 53.9 Å². The van der Waals surface area contributed by atoms with E-state index < -0.39 is 0 Å². The molecule has 33 heavy (non-hydrogen) atoms. The second kappa shape index (κ2) is 12.3. The highest BCUT2D eigenvalue weighted by Crippen LogP contribution is 2.43. The molecule has 1 aliphatic rings. The van der Waals surface area contributed by atoms with E-state index in [2.05, 4.69) is 24.3 Å². The maximum absolute atomic E-state index is 13.4. The largest absolute Gasteiger partial charge is 0.396 e. The van der Waals surface area contributed by atoms with Gasteiger partial charge in [-0.3, -0.25) is 9.69 Å². The van der Waals surface area contributed by atoms with E-state index in [1.807, 2.05) is 37.3 Å². The monoisotopic (exact) mass is 451 g/mol. The van der Waals surface area contributed by atoms with E-state index in [0.29, 0.717) is 29.6 Å². The fourth-order valence-electron chi connectivity index (χ4n) is 3.92. The molecular formula is C27H34FN3O2. The van der Waals surface area contributed by atoms with Gasteiger partial charge in [-0.2, -0.15) is 0 Å².